The molecule has 0 saturated carbocycles. The van der Waals surface area contributed by atoms with Gasteiger partial charge in [-0.3, -0.25) is 71.2 Å². The minimum Gasteiger partial charge on any atom is -0.267 e. The van der Waals surface area contributed by atoms with Crippen LogP contribution in [-0.2, 0) is 0 Å². The Hall–Kier alpha value is -6.26. The summed E-state index contributed by atoms with van der Waals surface area (Å²) in [5, 5.41) is 32.7. The SMILES string of the molecule is O=C(NNC(=O)c1cc(C(=O)NNC(=O)c2ccc([N+](=O)[O-])cc2)cc([N+](=O)[O-])c1)c1ccc([N+](=O)[O-])cc1. The number of nitro groups is 3. The van der Waals surface area contributed by atoms with Gasteiger partial charge in [0.1, 0.15) is 0 Å². The van der Waals surface area contributed by atoms with E-state index >= 15 is 0 Å². The first-order valence-electron chi connectivity index (χ1n) is 10.5. The van der Waals surface area contributed by atoms with Crippen molar-refractivity contribution in [1.82, 2.24) is 21.7 Å². The highest BCUT2D eigenvalue weighted by Gasteiger charge is 2.20. The van der Waals surface area contributed by atoms with Gasteiger partial charge in [0, 0.05) is 58.7 Å². The van der Waals surface area contributed by atoms with E-state index < -0.39 is 55.2 Å². The zero-order valence-electron chi connectivity index (χ0n) is 19.3. The fourth-order valence-electron chi connectivity index (χ4n) is 2.96. The van der Waals surface area contributed by atoms with Crippen LogP contribution in [0.15, 0.2) is 66.7 Å². The average Bonchev–Trinajstić information content (AvgIpc) is 2.93. The van der Waals surface area contributed by atoms with Crippen LogP contribution in [0.25, 0.3) is 0 Å². The molecular formula is C22H15N7O10. The van der Waals surface area contributed by atoms with Crippen LogP contribution in [0.4, 0.5) is 17.1 Å². The first kappa shape index (κ1) is 27.3. The summed E-state index contributed by atoms with van der Waals surface area (Å²) in [5.41, 5.74) is 6.02. The molecule has 0 aliphatic rings. The summed E-state index contributed by atoms with van der Waals surface area (Å²) in [6.45, 7) is 0. The van der Waals surface area contributed by atoms with E-state index in [1.165, 1.54) is 0 Å². The Bertz CT molecular complexity index is 1400. The summed E-state index contributed by atoms with van der Waals surface area (Å²) < 4.78 is 0. The van der Waals surface area contributed by atoms with Gasteiger partial charge in [0.2, 0.25) is 0 Å². The highest BCUT2D eigenvalue weighted by molar-refractivity contribution is 6.03. The fraction of sp³-hybridized carbons (Fsp3) is 0. The maximum atomic E-state index is 12.5. The van der Waals surface area contributed by atoms with Crippen molar-refractivity contribution in [3.63, 3.8) is 0 Å². The van der Waals surface area contributed by atoms with Crippen LogP contribution in [0.1, 0.15) is 41.4 Å². The number of hydrazine groups is 2. The topological polar surface area (TPSA) is 246 Å². The molecule has 0 spiro atoms. The van der Waals surface area contributed by atoms with Crippen molar-refractivity contribution in [3.05, 3.63) is 119 Å². The second-order valence-electron chi connectivity index (χ2n) is 7.45. The largest absolute Gasteiger partial charge is 0.271 e. The quantitative estimate of drug-likeness (QED) is 0.250. The lowest BCUT2D eigenvalue weighted by Gasteiger charge is -2.10. The predicted octanol–water partition coefficient (Wildman–Crippen LogP) is 1.56. The molecule has 0 unspecified atom stereocenters. The summed E-state index contributed by atoms with van der Waals surface area (Å²) in [5.74, 6) is -3.79. The van der Waals surface area contributed by atoms with Crippen LogP contribution < -0.4 is 21.7 Å². The lowest BCUT2D eigenvalue weighted by Crippen LogP contribution is -2.42. The molecule has 3 aromatic rings. The molecule has 198 valence electrons. The highest BCUT2D eigenvalue weighted by Crippen LogP contribution is 2.18. The maximum Gasteiger partial charge on any atom is 0.271 e. The van der Waals surface area contributed by atoms with Gasteiger partial charge in [0.05, 0.1) is 14.8 Å². The molecule has 0 aliphatic heterocycles. The van der Waals surface area contributed by atoms with Crippen molar-refractivity contribution in [2.75, 3.05) is 0 Å². The third-order valence-corrected chi connectivity index (χ3v) is 4.91. The van der Waals surface area contributed by atoms with Gasteiger partial charge in [-0.1, -0.05) is 0 Å². The van der Waals surface area contributed by atoms with Crippen LogP contribution in [0, 0.1) is 30.3 Å². The van der Waals surface area contributed by atoms with Crippen LogP contribution in [0.2, 0.25) is 0 Å². The van der Waals surface area contributed by atoms with Crippen molar-refractivity contribution in [2.45, 2.75) is 0 Å². The van der Waals surface area contributed by atoms with Crippen LogP contribution in [0.5, 0.6) is 0 Å². The van der Waals surface area contributed by atoms with Crippen LogP contribution in [-0.4, -0.2) is 38.4 Å². The van der Waals surface area contributed by atoms with Crippen molar-refractivity contribution in [1.29, 1.82) is 0 Å². The monoisotopic (exact) mass is 537 g/mol. The van der Waals surface area contributed by atoms with E-state index in [4.69, 9.17) is 0 Å². The van der Waals surface area contributed by atoms with Gasteiger partial charge in [0.15, 0.2) is 0 Å². The first-order chi connectivity index (χ1) is 18.5. The minimum absolute atomic E-state index is 0.0382. The lowest BCUT2D eigenvalue weighted by molar-refractivity contribution is -0.385. The van der Waals surface area contributed by atoms with Crippen LogP contribution in [0.3, 0.4) is 0 Å². The van der Waals surface area contributed by atoms with E-state index in [1.807, 2.05) is 21.7 Å². The van der Waals surface area contributed by atoms with Crippen molar-refractivity contribution in [3.8, 4) is 0 Å². The van der Waals surface area contributed by atoms with Crippen molar-refractivity contribution in [2.24, 2.45) is 0 Å². The highest BCUT2D eigenvalue weighted by atomic mass is 16.6. The summed E-state index contributed by atoms with van der Waals surface area (Å²) in [7, 11) is 0. The molecule has 3 aromatic carbocycles. The summed E-state index contributed by atoms with van der Waals surface area (Å²) in [4.78, 5) is 79.9. The summed E-state index contributed by atoms with van der Waals surface area (Å²) >= 11 is 0. The Morgan fingerprint density at radius 1 is 0.436 bits per heavy atom. The number of carbonyl (C=O) groups is 4. The molecule has 0 aromatic heterocycles. The van der Waals surface area contributed by atoms with Gasteiger partial charge in [-0.25, -0.2) is 0 Å². The number of hydrogen-bond donors (Lipinski definition) is 4. The number of benzene rings is 3. The predicted molar refractivity (Wildman–Crippen MR) is 129 cm³/mol. The molecule has 0 bridgehead atoms. The van der Waals surface area contributed by atoms with E-state index in [-0.39, 0.29) is 22.5 Å². The Kier molecular flexibility index (Phi) is 8.16. The van der Waals surface area contributed by atoms with E-state index in [1.54, 1.807) is 0 Å². The Labute approximate surface area is 216 Å². The standard InChI is InChI=1S/C22H15N7O10/c30-19(12-1-5-16(6-2-12)27(34)35)23-25-21(32)14-9-15(11-18(10-14)29(38)39)22(33)26-24-20(31)13-3-7-17(8-4-13)28(36)37/h1-11H,(H,23,30)(H,24,31)(H,25,32)(H,26,33). The van der Waals surface area contributed by atoms with Gasteiger partial charge in [-0.05, 0) is 30.3 Å². The van der Waals surface area contributed by atoms with E-state index in [9.17, 15) is 49.5 Å². The van der Waals surface area contributed by atoms with E-state index in [0.29, 0.717) is 0 Å². The second-order valence-corrected chi connectivity index (χ2v) is 7.45. The number of nitro benzene ring substituents is 3. The van der Waals surface area contributed by atoms with Gasteiger partial charge < -0.3 is 0 Å². The third-order valence-electron chi connectivity index (χ3n) is 4.91. The van der Waals surface area contributed by atoms with Gasteiger partial charge >= 0.3 is 0 Å². The number of rotatable bonds is 7. The second kappa shape index (κ2) is 11.6. The zero-order chi connectivity index (χ0) is 28.7. The molecule has 17 heteroatoms. The summed E-state index contributed by atoms with van der Waals surface area (Å²) in [6.07, 6.45) is 0. The molecule has 0 heterocycles. The average molecular weight is 537 g/mol. The molecule has 0 aliphatic carbocycles. The van der Waals surface area contributed by atoms with Crippen molar-refractivity contribution >= 4 is 40.7 Å². The third kappa shape index (κ3) is 6.91. The Balaban J connectivity index is 1.68. The van der Waals surface area contributed by atoms with E-state index in [2.05, 4.69) is 0 Å². The number of hydrogen-bond acceptors (Lipinski definition) is 10. The normalized spacial score (nSPS) is 10.1. The molecule has 4 N–H and O–H groups in total. The zero-order valence-corrected chi connectivity index (χ0v) is 19.3. The summed E-state index contributed by atoms with van der Waals surface area (Å²) in [6, 6.07) is 11.5. The molecule has 39 heavy (non-hydrogen) atoms. The lowest BCUT2D eigenvalue weighted by atomic mass is 10.1. The number of nitrogens with one attached hydrogen (secondary N) is 4. The van der Waals surface area contributed by atoms with Gasteiger partial charge in [-0.2, -0.15) is 0 Å². The Morgan fingerprint density at radius 2 is 0.718 bits per heavy atom. The van der Waals surface area contributed by atoms with Crippen molar-refractivity contribution < 1.29 is 33.9 Å². The van der Waals surface area contributed by atoms with Gasteiger partial charge in [-0.15, -0.1) is 0 Å². The Morgan fingerprint density at radius 3 is 1.00 bits per heavy atom. The first-order valence-corrected chi connectivity index (χ1v) is 10.5. The molecule has 0 fully saturated rings. The molecule has 4 amide bonds. The molecule has 0 saturated heterocycles. The molecule has 0 radical (unpaired) electrons. The fourth-order valence-corrected chi connectivity index (χ4v) is 2.96. The minimum atomic E-state index is -1.04. The number of non-ortho nitro benzene ring substituents is 3. The van der Waals surface area contributed by atoms with Crippen LogP contribution >= 0.6 is 0 Å². The van der Waals surface area contributed by atoms with Gasteiger partial charge in [0.25, 0.3) is 40.7 Å². The van der Waals surface area contributed by atoms with E-state index in [0.717, 1.165) is 66.7 Å². The number of nitrogens with zero attached hydrogens (tertiary/aromatic N) is 3. The molecule has 0 atom stereocenters. The molecule has 17 nitrogen and oxygen atoms in total. The maximum absolute atomic E-state index is 12.5. The molecular weight excluding hydrogens is 522 g/mol. The number of carbonyl (C=O) groups excluding carboxylic acids is 4. The number of amides is 4. The molecule has 3 rings (SSSR count). The smallest absolute Gasteiger partial charge is 0.267 e.